The van der Waals surface area contributed by atoms with Crippen molar-refractivity contribution in [3.8, 4) is 5.88 Å². The lowest BCUT2D eigenvalue weighted by Gasteiger charge is -1.98. The Bertz CT molecular complexity index is 278. The Labute approximate surface area is 72.0 Å². The molecule has 0 spiro atoms. The van der Waals surface area contributed by atoms with E-state index in [9.17, 15) is 4.79 Å². The van der Waals surface area contributed by atoms with E-state index in [4.69, 9.17) is 5.11 Å². The Morgan fingerprint density at radius 3 is 2.91 bits per heavy atom. The summed E-state index contributed by atoms with van der Waals surface area (Å²) in [6.07, 6.45) is 2.11. The molecule has 1 heterocycles. The highest BCUT2D eigenvalue weighted by molar-refractivity contribution is 9.09. The van der Waals surface area contributed by atoms with Gasteiger partial charge in [-0.2, -0.15) is 0 Å². The summed E-state index contributed by atoms with van der Waals surface area (Å²) in [7, 11) is 0. The minimum absolute atomic E-state index is 0.00375. The molecule has 0 saturated heterocycles. The van der Waals surface area contributed by atoms with E-state index < -0.39 is 0 Å². The van der Waals surface area contributed by atoms with E-state index in [-0.39, 0.29) is 11.6 Å². The molecular formula is C6H9BrN2O2. The molecule has 0 saturated carbocycles. The van der Waals surface area contributed by atoms with Crippen molar-refractivity contribution >= 4 is 15.9 Å². The number of hydrogen-bond acceptors (Lipinski definition) is 2. The monoisotopic (exact) mass is 220 g/mol. The molecule has 0 aliphatic heterocycles. The molecule has 0 unspecified atom stereocenters. The highest BCUT2D eigenvalue weighted by Crippen LogP contribution is 2.03. The smallest absolute Gasteiger partial charge is 0.328 e. The van der Waals surface area contributed by atoms with Gasteiger partial charge in [0.15, 0.2) is 0 Å². The molecule has 0 aliphatic carbocycles. The van der Waals surface area contributed by atoms with Crippen molar-refractivity contribution in [1.29, 1.82) is 0 Å². The van der Waals surface area contributed by atoms with Crippen molar-refractivity contribution in [2.24, 2.45) is 0 Å². The van der Waals surface area contributed by atoms with E-state index in [0.29, 0.717) is 6.54 Å². The minimum Gasteiger partial charge on any atom is -0.493 e. The first-order chi connectivity index (χ1) is 5.25. The Morgan fingerprint density at radius 1 is 1.73 bits per heavy atom. The largest absolute Gasteiger partial charge is 0.493 e. The summed E-state index contributed by atoms with van der Waals surface area (Å²) < 4.78 is 1.29. The van der Waals surface area contributed by atoms with Gasteiger partial charge in [-0.1, -0.05) is 15.9 Å². The third-order valence-electron chi connectivity index (χ3n) is 1.36. The molecule has 0 amide bonds. The fraction of sp³-hybridized carbons (Fsp3) is 0.500. The fourth-order valence-corrected chi connectivity index (χ4v) is 1.07. The number of rotatable bonds is 3. The van der Waals surface area contributed by atoms with Crippen LogP contribution in [0.4, 0.5) is 0 Å². The first kappa shape index (κ1) is 8.39. The van der Waals surface area contributed by atoms with Crippen LogP contribution in [0.1, 0.15) is 6.42 Å². The normalized spacial score (nSPS) is 10.3. The van der Waals surface area contributed by atoms with E-state index in [2.05, 4.69) is 20.9 Å². The lowest BCUT2D eigenvalue weighted by atomic mass is 10.5. The van der Waals surface area contributed by atoms with Crippen LogP contribution in [0, 0.1) is 0 Å². The summed E-state index contributed by atoms with van der Waals surface area (Å²) in [6.45, 7) is 0.541. The molecule has 2 N–H and O–H groups in total. The number of nitrogens with one attached hydrogen (secondary N) is 1. The SMILES string of the molecule is O=c1[nH]cc(O)n1CCCBr. The van der Waals surface area contributed by atoms with E-state index in [1.807, 2.05) is 0 Å². The van der Waals surface area contributed by atoms with Crippen LogP contribution in [0.3, 0.4) is 0 Å². The summed E-state index contributed by atoms with van der Waals surface area (Å²) in [5.41, 5.74) is -0.261. The van der Waals surface area contributed by atoms with Crippen LogP contribution in [-0.4, -0.2) is 20.0 Å². The number of aromatic hydroxyl groups is 1. The van der Waals surface area contributed by atoms with Gasteiger partial charge in [-0.05, 0) is 6.42 Å². The first-order valence-electron chi connectivity index (χ1n) is 3.29. The molecule has 11 heavy (non-hydrogen) atoms. The topological polar surface area (TPSA) is 58.0 Å². The standard InChI is InChI=1S/C6H9BrN2O2/c7-2-1-3-9-5(10)4-8-6(9)11/h4,10H,1-3H2,(H,8,11). The van der Waals surface area contributed by atoms with Crippen molar-refractivity contribution in [3.63, 3.8) is 0 Å². The zero-order valence-corrected chi connectivity index (χ0v) is 7.47. The number of aromatic amines is 1. The summed E-state index contributed by atoms with van der Waals surface area (Å²) in [5.74, 6) is -0.00375. The Hall–Kier alpha value is -0.710. The third kappa shape index (κ3) is 1.86. The van der Waals surface area contributed by atoms with Crippen molar-refractivity contribution in [1.82, 2.24) is 9.55 Å². The van der Waals surface area contributed by atoms with Crippen LogP contribution in [0.15, 0.2) is 11.0 Å². The maximum absolute atomic E-state index is 10.9. The maximum Gasteiger partial charge on any atom is 0.328 e. The third-order valence-corrected chi connectivity index (χ3v) is 1.92. The maximum atomic E-state index is 10.9. The molecule has 0 aliphatic rings. The molecule has 1 rings (SSSR count). The van der Waals surface area contributed by atoms with Crippen molar-refractivity contribution < 1.29 is 5.11 Å². The van der Waals surface area contributed by atoms with Crippen LogP contribution in [0.2, 0.25) is 0 Å². The second kappa shape index (κ2) is 3.61. The van der Waals surface area contributed by atoms with Gasteiger partial charge in [-0.3, -0.25) is 4.57 Å². The summed E-state index contributed by atoms with van der Waals surface area (Å²) in [4.78, 5) is 13.3. The minimum atomic E-state index is -0.261. The summed E-state index contributed by atoms with van der Waals surface area (Å²) in [6, 6.07) is 0. The molecule has 1 aromatic heterocycles. The quantitative estimate of drug-likeness (QED) is 0.737. The Balaban J connectivity index is 2.75. The highest BCUT2D eigenvalue weighted by Gasteiger charge is 2.01. The summed E-state index contributed by atoms with van der Waals surface area (Å²) >= 11 is 3.24. The van der Waals surface area contributed by atoms with Crippen LogP contribution in [0.5, 0.6) is 5.88 Å². The number of imidazole rings is 1. The molecule has 0 aromatic carbocycles. The Morgan fingerprint density at radius 2 is 2.45 bits per heavy atom. The molecule has 0 atom stereocenters. The Kier molecular flexibility index (Phi) is 2.76. The van der Waals surface area contributed by atoms with E-state index >= 15 is 0 Å². The van der Waals surface area contributed by atoms with Gasteiger partial charge in [-0.15, -0.1) is 0 Å². The highest BCUT2D eigenvalue weighted by atomic mass is 79.9. The van der Waals surface area contributed by atoms with Gasteiger partial charge in [0, 0.05) is 11.9 Å². The van der Waals surface area contributed by atoms with Gasteiger partial charge in [-0.25, -0.2) is 4.79 Å². The van der Waals surface area contributed by atoms with E-state index in [1.54, 1.807) is 0 Å². The van der Waals surface area contributed by atoms with Crippen LogP contribution < -0.4 is 5.69 Å². The molecule has 0 bridgehead atoms. The number of hydrogen-bond donors (Lipinski definition) is 2. The van der Waals surface area contributed by atoms with Crippen molar-refractivity contribution in [2.75, 3.05) is 5.33 Å². The predicted molar refractivity (Wildman–Crippen MR) is 45.1 cm³/mol. The lowest BCUT2D eigenvalue weighted by Crippen LogP contribution is -2.16. The average molecular weight is 221 g/mol. The van der Waals surface area contributed by atoms with Crippen molar-refractivity contribution in [2.45, 2.75) is 13.0 Å². The zero-order valence-electron chi connectivity index (χ0n) is 5.88. The number of aromatic nitrogens is 2. The van der Waals surface area contributed by atoms with Gasteiger partial charge >= 0.3 is 5.69 Å². The van der Waals surface area contributed by atoms with E-state index in [1.165, 1.54) is 10.8 Å². The number of halogens is 1. The van der Waals surface area contributed by atoms with Gasteiger partial charge in [0.1, 0.15) is 0 Å². The molecule has 4 nitrogen and oxygen atoms in total. The van der Waals surface area contributed by atoms with Gasteiger partial charge in [0.05, 0.1) is 6.20 Å². The zero-order chi connectivity index (χ0) is 8.27. The molecule has 0 radical (unpaired) electrons. The van der Waals surface area contributed by atoms with Crippen LogP contribution in [0.25, 0.3) is 0 Å². The first-order valence-corrected chi connectivity index (χ1v) is 4.41. The molecule has 1 aromatic rings. The number of H-pyrrole nitrogens is 1. The number of nitrogens with zero attached hydrogens (tertiary/aromatic N) is 1. The molecule has 62 valence electrons. The second-order valence-electron chi connectivity index (χ2n) is 2.15. The molecule has 5 heteroatoms. The fourth-order valence-electron chi connectivity index (χ4n) is 0.820. The average Bonchev–Trinajstić information content (AvgIpc) is 2.29. The van der Waals surface area contributed by atoms with Gasteiger partial charge in [0.25, 0.3) is 0 Å². The van der Waals surface area contributed by atoms with Gasteiger partial charge in [0.2, 0.25) is 5.88 Å². The second-order valence-corrected chi connectivity index (χ2v) is 2.94. The molecular weight excluding hydrogens is 212 g/mol. The number of alkyl halides is 1. The summed E-state index contributed by atoms with van der Waals surface area (Å²) in [5, 5.41) is 9.90. The lowest BCUT2D eigenvalue weighted by molar-refractivity contribution is 0.412. The van der Waals surface area contributed by atoms with Crippen LogP contribution in [-0.2, 0) is 6.54 Å². The molecule has 0 fully saturated rings. The van der Waals surface area contributed by atoms with Crippen molar-refractivity contribution in [3.05, 3.63) is 16.7 Å². The van der Waals surface area contributed by atoms with E-state index in [0.717, 1.165) is 11.8 Å². The predicted octanol–water partition coefficient (Wildman–Crippen LogP) is 0.667. The van der Waals surface area contributed by atoms with Crippen LogP contribution >= 0.6 is 15.9 Å². The van der Waals surface area contributed by atoms with Gasteiger partial charge < -0.3 is 10.1 Å².